The minimum Gasteiger partial charge on any atom is -0.351 e. The molecule has 0 heterocycles. The SMILES string of the molecule is CCC(C)(CC)NC(=O)CC1CCCCC1N. The molecule has 2 unspecified atom stereocenters. The van der Waals surface area contributed by atoms with Gasteiger partial charge < -0.3 is 11.1 Å². The second kappa shape index (κ2) is 6.39. The third kappa shape index (κ3) is 4.30. The fraction of sp³-hybridized carbons (Fsp3) is 0.929. The van der Waals surface area contributed by atoms with Crippen molar-refractivity contribution in [3.05, 3.63) is 0 Å². The molecule has 1 amide bonds. The van der Waals surface area contributed by atoms with E-state index in [4.69, 9.17) is 5.73 Å². The number of nitrogens with two attached hydrogens (primary N) is 1. The van der Waals surface area contributed by atoms with Crippen molar-refractivity contribution in [2.24, 2.45) is 11.7 Å². The Morgan fingerprint density at radius 3 is 2.41 bits per heavy atom. The topological polar surface area (TPSA) is 55.1 Å². The number of hydrogen-bond acceptors (Lipinski definition) is 2. The predicted octanol–water partition coefficient (Wildman–Crippen LogP) is 2.59. The van der Waals surface area contributed by atoms with Gasteiger partial charge in [-0.2, -0.15) is 0 Å². The molecule has 3 N–H and O–H groups in total. The van der Waals surface area contributed by atoms with E-state index in [1.54, 1.807) is 0 Å². The number of carbonyl (C=O) groups excluding carboxylic acids is 1. The Balaban J connectivity index is 2.43. The first-order valence-electron chi connectivity index (χ1n) is 7.07. The highest BCUT2D eigenvalue weighted by Crippen LogP contribution is 2.26. The van der Waals surface area contributed by atoms with E-state index in [0.717, 1.165) is 25.7 Å². The summed E-state index contributed by atoms with van der Waals surface area (Å²) in [6.45, 7) is 6.36. The molecule has 0 aliphatic heterocycles. The Morgan fingerprint density at radius 1 is 1.29 bits per heavy atom. The molecule has 3 heteroatoms. The standard InChI is InChI=1S/C14H28N2O/c1-4-14(3,5-2)16-13(17)10-11-8-6-7-9-12(11)15/h11-12H,4-10,15H2,1-3H3,(H,16,17). The average Bonchev–Trinajstić information content (AvgIpc) is 2.32. The number of carbonyl (C=O) groups is 1. The summed E-state index contributed by atoms with van der Waals surface area (Å²) in [7, 11) is 0. The Kier molecular flexibility index (Phi) is 5.44. The van der Waals surface area contributed by atoms with Crippen LogP contribution in [0.25, 0.3) is 0 Å². The van der Waals surface area contributed by atoms with Gasteiger partial charge in [-0.25, -0.2) is 0 Å². The van der Waals surface area contributed by atoms with Crippen LogP contribution in [0.15, 0.2) is 0 Å². The molecule has 2 atom stereocenters. The maximum atomic E-state index is 12.0. The Hall–Kier alpha value is -0.570. The van der Waals surface area contributed by atoms with Crippen LogP contribution in [0.1, 0.15) is 65.7 Å². The van der Waals surface area contributed by atoms with Crippen LogP contribution >= 0.6 is 0 Å². The van der Waals surface area contributed by atoms with Crippen LogP contribution in [0.3, 0.4) is 0 Å². The average molecular weight is 240 g/mol. The fourth-order valence-electron chi connectivity index (χ4n) is 2.54. The van der Waals surface area contributed by atoms with Gasteiger partial charge in [0.25, 0.3) is 0 Å². The van der Waals surface area contributed by atoms with Crippen LogP contribution in [-0.4, -0.2) is 17.5 Å². The highest BCUT2D eigenvalue weighted by Gasteiger charge is 2.27. The summed E-state index contributed by atoms with van der Waals surface area (Å²) < 4.78 is 0. The maximum absolute atomic E-state index is 12.0. The third-order valence-electron chi connectivity index (χ3n) is 4.42. The van der Waals surface area contributed by atoms with Gasteiger partial charge in [0, 0.05) is 18.0 Å². The van der Waals surface area contributed by atoms with Gasteiger partial charge in [-0.05, 0) is 38.5 Å². The zero-order valence-corrected chi connectivity index (χ0v) is 11.6. The smallest absolute Gasteiger partial charge is 0.220 e. The predicted molar refractivity (Wildman–Crippen MR) is 71.7 cm³/mol. The molecule has 17 heavy (non-hydrogen) atoms. The maximum Gasteiger partial charge on any atom is 0.220 e. The van der Waals surface area contributed by atoms with Crippen LogP contribution < -0.4 is 11.1 Å². The van der Waals surface area contributed by atoms with Crippen LogP contribution in [0.4, 0.5) is 0 Å². The van der Waals surface area contributed by atoms with Gasteiger partial charge in [0.2, 0.25) is 5.91 Å². The van der Waals surface area contributed by atoms with E-state index in [1.807, 2.05) is 0 Å². The van der Waals surface area contributed by atoms with E-state index in [9.17, 15) is 4.79 Å². The fourth-order valence-corrected chi connectivity index (χ4v) is 2.54. The number of rotatable bonds is 5. The van der Waals surface area contributed by atoms with Gasteiger partial charge in [-0.1, -0.05) is 26.7 Å². The van der Waals surface area contributed by atoms with Gasteiger partial charge in [-0.3, -0.25) is 4.79 Å². The van der Waals surface area contributed by atoms with E-state index in [1.165, 1.54) is 12.8 Å². The summed E-state index contributed by atoms with van der Waals surface area (Å²) >= 11 is 0. The molecule has 1 aliphatic rings. The van der Waals surface area contributed by atoms with Crippen molar-refractivity contribution in [1.82, 2.24) is 5.32 Å². The van der Waals surface area contributed by atoms with E-state index >= 15 is 0 Å². The summed E-state index contributed by atoms with van der Waals surface area (Å²) in [6, 6.07) is 0.226. The van der Waals surface area contributed by atoms with Crippen LogP contribution in [0, 0.1) is 5.92 Å². The summed E-state index contributed by atoms with van der Waals surface area (Å²) in [5.74, 6) is 0.570. The molecule has 3 nitrogen and oxygen atoms in total. The van der Waals surface area contributed by atoms with Crippen LogP contribution in [0.5, 0.6) is 0 Å². The molecule has 0 aromatic heterocycles. The summed E-state index contributed by atoms with van der Waals surface area (Å²) in [5.41, 5.74) is 6.03. The van der Waals surface area contributed by atoms with Crippen molar-refractivity contribution in [3.8, 4) is 0 Å². The lowest BCUT2D eigenvalue weighted by atomic mass is 9.82. The lowest BCUT2D eigenvalue weighted by molar-refractivity contribution is -0.124. The van der Waals surface area contributed by atoms with Gasteiger partial charge in [-0.15, -0.1) is 0 Å². The quantitative estimate of drug-likeness (QED) is 0.776. The highest BCUT2D eigenvalue weighted by molar-refractivity contribution is 5.77. The highest BCUT2D eigenvalue weighted by atomic mass is 16.1. The minimum absolute atomic E-state index is 0.0458. The molecule has 0 bridgehead atoms. The van der Waals surface area contributed by atoms with Crippen LogP contribution in [0.2, 0.25) is 0 Å². The van der Waals surface area contributed by atoms with Crippen molar-refractivity contribution >= 4 is 5.91 Å². The molecular weight excluding hydrogens is 212 g/mol. The molecule has 1 fully saturated rings. The normalized spacial score (nSPS) is 25.6. The van der Waals surface area contributed by atoms with Crippen molar-refractivity contribution < 1.29 is 4.79 Å². The van der Waals surface area contributed by atoms with Gasteiger partial charge in [0.15, 0.2) is 0 Å². The zero-order valence-electron chi connectivity index (χ0n) is 11.6. The number of amides is 1. The summed E-state index contributed by atoms with van der Waals surface area (Å²) in [5, 5.41) is 3.17. The van der Waals surface area contributed by atoms with Crippen molar-refractivity contribution in [3.63, 3.8) is 0 Å². The van der Waals surface area contributed by atoms with Crippen molar-refractivity contribution in [2.45, 2.75) is 77.3 Å². The van der Waals surface area contributed by atoms with E-state index in [-0.39, 0.29) is 17.5 Å². The van der Waals surface area contributed by atoms with Crippen LogP contribution in [-0.2, 0) is 4.79 Å². The van der Waals surface area contributed by atoms with Crippen molar-refractivity contribution in [1.29, 1.82) is 0 Å². The Labute approximate surface area is 106 Å². The Morgan fingerprint density at radius 2 is 1.88 bits per heavy atom. The molecule has 0 aromatic rings. The van der Waals surface area contributed by atoms with E-state index in [2.05, 4.69) is 26.1 Å². The van der Waals surface area contributed by atoms with E-state index < -0.39 is 0 Å². The monoisotopic (exact) mass is 240 g/mol. The molecule has 1 saturated carbocycles. The molecule has 0 aromatic carbocycles. The first-order valence-corrected chi connectivity index (χ1v) is 7.07. The number of nitrogens with one attached hydrogen (secondary N) is 1. The first kappa shape index (κ1) is 14.5. The summed E-state index contributed by atoms with van der Waals surface area (Å²) in [4.78, 5) is 12.0. The lowest BCUT2D eigenvalue weighted by Gasteiger charge is -2.32. The van der Waals surface area contributed by atoms with E-state index in [0.29, 0.717) is 12.3 Å². The van der Waals surface area contributed by atoms with Gasteiger partial charge in [0.1, 0.15) is 0 Å². The molecule has 1 aliphatic carbocycles. The molecule has 0 radical (unpaired) electrons. The first-order chi connectivity index (χ1) is 8.00. The number of hydrogen-bond donors (Lipinski definition) is 2. The molecule has 1 rings (SSSR count). The third-order valence-corrected chi connectivity index (χ3v) is 4.42. The second-order valence-electron chi connectivity index (χ2n) is 5.73. The summed E-state index contributed by atoms with van der Waals surface area (Å²) in [6.07, 6.45) is 7.21. The van der Waals surface area contributed by atoms with Gasteiger partial charge >= 0.3 is 0 Å². The van der Waals surface area contributed by atoms with Gasteiger partial charge in [0.05, 0.1) is 0 Å². The lowest BCUT2D eigenvalue weighted by Crippen LogP contribution is -2.46. The molecule has 100 valence electrons. The Bertz CT molecular complexity index is 249. The molecule has 0 saturated heterocycles. The zero-order chi connectivity index (χ0) is 12.9. The second-order valence-corrected chi connectivity index (χ2v) is 5.73. The van der Waals surface area contributed by atoms with Crippen molar-refractivity contribution in [2.75, 3.05) is 0 Å². The molecular formula is C14H28N2O. The minimum atomic E-state index is -0.0458. The largest absolute Gasteiger partial charge is 0.351 e. The molecule has 0 spiro atoms.